The number of hydrogen-bond donors (Lipinski definition) is 1. The van der Waals surface area contributed by atoms with E-state index in [0.717, 1.165) is 11.4 Å². The van der Waals surface area contributed by atoms with Crippen molar-refractivity contribution in [3.63, 3.8) is 0 Å². The number of methoxy groups -OCH3 is 1. The molecule has 1 saturated carbocycles. The van der Waals surface area contributed by atoms with Crippen LogP contribution in [0.1, 0.15) is 19.8 Å². The SMILES string of the molecule is COc1cccc(NC(=O)N(C)[C@H](C)C2CC2)c1. The lowest BCUT2D eigenvalue weighted by Gasteiger charge is -2.25. The summed E-state index contributed by atoms with van der Waals surface area (Å²) in [6.45, 7) is 2.10. The van der Waals surface area contributed by atoms with Crippen molar-refractivity contribution in [2.24, 2.45) is 5.92 Å². The molecule has 0 unspecified atom stereocenters. The highest BCUT2D eigenvalue weighted by molar-refractivity contribution is 5.89. The van der Waals surface area contributed by atoms with Gasteiger partial charge >= 0.3 is 6.03 Å². The summed E-state index contributed by atoms with van der Waals surface area (Å²) >= 11 is 0. The van der Waals surface area contributed by atoms with Gasteiger partial charge < -0.3 is 15.0 Å². The molecule has 0 spiro atoms. The van der Waals surface area contributed by atoms with Crippen molar-refractivity contribution in [1.82, 2.24) is 4.90 Å². The standard InChI is InChI=1S/C14H20N2O2/c1-10(11-7-8-11)16(2)14(17)15-12-5-4-6-13(9-12)18-3/h4-6,9-11H,7-8H2,1-3H3,(H,15,17)/t10-/m1/s1. The van der Waals surface area contributed by atoms with Crippen molar-refractivity contribution in [3.05, 3.63) is 24.3 Å². The van der Waals surface area contributed by atoms with E-state index >= 15 is 0 Å². The number of amides is 2. The molecule has 1 aromatic rings. The van der Waals surface area contributed by atoms with Crippen LogP contribution < -0.4 is 10.1 Å². The summed E-state index contributed by atoms with van der Waals surface area (Å²) in [5.41, 5.74) is 0.759. The van der Waals surface area contributed by atoms with Crippen LogP contribution >= 0.6 is 0 Å². The number of carbonyl (C=O) groups excluding carboxylic acids is 1. The second-order valence-corrected chi connectivity index (χ2v) is 4.85. The minimum atomic E-state index is -0.0670. The van der Waals surface area contributed by atoms with E-state index in [0.29, 0.717) is 12.0 Å². The molecular formula is C14H20N2O2. The van der Waals surface area contributed by atoms with Crippen LogP contribution in [0.25, 0.3) is 0 Å². The fraction of sp³-hybridized carbons (Fsp3) is 0.500. The molecule has 1 aliphatic rings. The Kier molecular flexibility index (Phi) is 3.75. The van der Waals surface area contributed by atoms with Gasteiger partial charge in [0, 0.05) is 24.8 Å². The van der Waals surface area contributed by atoms with Crippen molar-refractivity contribution in [2.45, 2.75) is 25.8 Å². The first-order chi connectivity index (χ1) is 8.61. The number of nitrogens with zero attached hydrogens (tertiary/aromatic N) is 1. The number of hydrogen-bond acceptors (Lipinski definition) is 2. The van der Waals surface area contributed by atoms with E-state index in [9.17, 15) is 4.79 Å². The van der Waals surface area contributed by atoms with Crippen LogP contribution in [0.15, 0.2) is 24.3 Å². The Morgan fingerprint density at radius 1 is 1.50 bits per heavy atom. The molecule has 2 rings (SSSR count). The summed E-state index contributed by atoms with van der Waals surface area (Å²) < 4.78 is 5.13. The minimum Gasteiger partial charge on any atom is -0.497 e. The van der Waals surface area contributed by atoms with Gasteiger partial charge in [-0.05, 0) is 37.8 Å². The van der Waals surface area contributed by atoms with Crippen LogP contribution in [0.2, 0.25) is 0 Å². The van der Waals surface area contributed by atoms with Crippen LogP contribution in [0, 0.1) is 5.92 Å². The molecule has 2 amide bonds. The third-order valence-corrected chi connectivity index (χ3v) is 3.56. The van der Waals surface area contributed by atoms with E-state index in [1.807, 2.05) is 31.3 Å². The first-order valence-corrected chi connectivity index (χ1v) is 6.29. The predicted molar refractivity (Wildman–Crippen MR) is 72.0 cm³/mol. The smallest absolute Gasteiger partial charge is 0.321 e. The topological polar surface area (TPSA) is 41.6 Å². The highest BCUT2D eigenvalue weighted by atomic mass is 16.5. The Morgan fingerprint density at radius 2 is 2.22 bits per heavy atom. The Labute approximate surface area is 108 Å². The molecule has 4 nitrogen and oxygen atoms in total. The Bertz CT molecular complexity index is 430. The fourth-order valence-corrected chi connectivity index (χ4v) is 1.99. The molecular weight excluding hydrogens is 228 g/mol. The molecule has 1 aromatic carbocycles. The molecule has 0 heterocycles. The quantitative estimate of drug-likeness (QED) is 0.890. The molecule has 1 fully saturated rings. The zero-order chi connectivity index (χ0) is 13.1. The number of urea groups is 1. The van der Waals surface area contributed by atoms with Gasteiger partial charge in [-0.1, -0.05) is 6.07 Å². The van der Waals surface area contributed by atoms with Crippen LogP contribution in [0.3, 0.4) is 0 Å². The number of anilines is 1. The average molecular weight is 248 g/mol. The number of ether oxygens (including phenoxy) is 1. The first kappa shape index (κ1) is 12.7. The summed E-state index contributed by atoms with van der Waals surface area (Å²) in [6, 6.07) is 7.62. The van der Waals surface area contributed by atoms with Gasteiger partial charge in [0.25, 0.3) is 0 Å². The second kappa shape index (κ2) is 5.29. The van der Waals surface area contributed by atoms with Gasteiger partial charge in [0.1, 0.15) is 5.75 Å². The highest BCUT2D eigenvalue weighted by Gasteiger charge is 2.32. The fourth-order valence-electron chi connectivity index (χ4n) is 1.99. The summed E-state index contributed by atoms with van der Waals surface area (Å²) in [6.07, 6.45) is 2.47. The van der Waals surface area contributed by atoms with Gasteiger partial charge in [0.15, 0.2) is 0 Å². The van der Waals surface area contributed by atoms with Crippen molar-refractivity contribution in [1.29, 1.82) is 0 Å². The molecule has 1 aliphatic carbocycles. The maximum Gasteiger partial charge on any atom is 0.321 e. The zero-order valence-electron chi connectivity index (χ0n) is 11.1. The summed E-state index contributed by atoms with van der Waals surface area (Å²) in [5.74, 6) is 1.41. The number of nitrogens with one attached hydrogen (secondary N) is 1. The summed E-state index contributed by atoms with van der Waals surface area (Å²) in [7, 11) is 3.46. The molecule has 4 heteroatoms. The van der Waals surface area contributed by atoms with E-state index < -0.39 is 0 Å². The zero-order valence-corrected chi connectivity index (χ0v) is 11.1. The Morgan fingerprint density at radius 3 is 2.83 bits per heavy atom. The monoisotopic (exact) mass is 248 g/mol. The molecule has 1 N–H and O–H groups in total. The van der Waals surface area contributed by atoms with Crippen molar-refractivity contribution >= 4 is 11.7 Å². The Hall–Kier alpha value is -1.71. The molecule has 1 atom stereocenters. The molecule has 0 aliphatic heterocycles. The molecule has 0 saturated heterocycles. The third kappa shape index (κ3) is 2.94. The van der Waals surface area contributed by atoms with E-state index in [2.05, 4.69) is 12.2 Å². The highest BCUT2D eigenvalue weighted by Crippen LogP contribution is 2.34. The number of carbonyl (C=O) groups is 1. The van der Waals surface area contributed by atoms with Crippen LogP contribution in [-0.2, 0) is 0 Å². The number of benzene rings is 1. The van der Waals surface area contributed by atoms with Gasteiger partial charge in [-0.2, -0.15) is 0 Å². The van der Waals surface area contributed by atoms with Crippen molar-refractivity contribution in [2.75, 3.05) is 19.5 Å². The molecule has 0 radical (unpaired) electrons. The number of rotatable bonds is 4. The normalized spacial score (nSPS) is 15.9. The van der Waals surface area contributed by atoms with Gasteiger partial charge in [-0.15, -0.1) is 0 Å². The maximum absolute atomic E-state index is 12.1. The lowest BCUT2D eigenvalue weighted by atomic mass is 10.2. The van der Waals surface area contributed by atoms with E-state index in [1.165, 1.54) is 12.8 Å². The molecule has 98 valence electrons. The third-order valence-electron chi connectivity index (χ3n) is 3.56. The molecule has 0 aromatic heterocycles. The second-order valence-electron chi connectivity index (χ2n) is 4.85. The van der Waals surface area contributed by atoms with Gasteiger partial charge in [0.05, 0.1) is 7.11 Å². The van der Waals surface area contributed by atoms with Crippen LogP contribution in [0.5, 0.6) is 5.75 Å². The van der Waals surface area contributed by atoms with Crippen LogP contribution in [-0.4, -0.2) is 31.1 Å². The van der Waals surface area contributed by atoms with Crippen molar-refractivity contribution in [3.8, 4) is 5.75 Å². The first-order valence-electron chi connectivity index (χ1n) is 6.29. The van der Waals surface area contributed by atoms with E-state index in [-0.39, 0.29) is 6.03 Å². The van der Waals surface area contributed by atoms with Gasteiger partial charge in [0.2, 0.25) is 0 Å². The minimum absolute atomic E-state index is 0.0670. The summed E-state index contributed by atoms with van der Waals surface area (Å²) in [4.78, 5) is 13.8. The Balaban J connectivity index is 1.96. The molecule has 0 bridgehead atoms. The van der Waals surface area contributed by atoms with E-state index in [4.69, 9.17) is 4.74 Å². The van der Waals surface area contributed by atoms with Crippen molar-refractivity contribution < 1.29 is 9.53 Å². The largest absolute Gasteiger partial charge is 0.497 e. The summed E-state index contributed by atoms with van der Waals surface area (Å²) in [5, 5.41) is 2.89. The lowest BCUT2D eigenvalue weighted by molar-refractivity contribution is 0.201. The average Bonchev–Trinajstić information content (AvgIpc) is 3.21. The van der Waals surface area contributed by atoms with Gasteiger partial charge in [-0.3, -0.25) is 0 Å². The molecule has 18 heavy (non-hydrogen) atoms. The van der Waals surface area contributed by atoms with Gasteiger partial charge in [-0.25, -0.2) is 4.79 Å². The predicted octanol–water partition coefficient (Wildman–Crippen LogP) is 2.96. The van der Waals surface area contributed by atoms with Crippen LogP contribution in [0.4, 0.5) is 10.5 Å². The lowest BCUT2D eigenvalue weighted by Crippen LogP contribution is -2.39. The van der Waals surface area contributed by atoms with E-state index in [1.54, 1.807) is 12.0 Å². The maximum atomic E-state index is 12.1.